The lowest BCUT2D eigenvalue weighted by Crippen LogP contribution is -2.02. The van der Waals surface area contributed by atoms with Crippen molar-refractivity contribution in [3.8, 4) is 11.5 Å². The molecule has 0 unspecified atom stereocenters. The highest BCUT2D eigenvalue weighted by molar-refractivity contribution is 9.10. The molecule has 0 aliphatic carbocycles. The number of halogens is 1. The van der Waals surface area contributed by atoms with E-state index in [0.717, 1.165) is 27.0 Å². The van der Waals surface area contributed by atoms with Gasteiger partial charge in [0.2, 0.25) is 4.77 Å². The van der Waals surface area contributed by atoms with Crippen LogP contribution in [0.3, 0.4) is 0 Å². The molecule has 0 spiro atoms. The zero-order valence-corrected chi connectivity index (χ0v) is 21.9. The molecule has 5 aromatic rings. The normalized spacial score (nSPS) is 11.3. The molecule has 1 heterocycles. The van der Waals surface area contributed by atoms with Gasteiger partial charge in [0.15, 0.2) is 17.3 Å². The first-order valence-corrected chi connectivity index (χ1v) is 12.5. The second-order valence-electron chi connectivity index (χ2n) is 8.12. The van der Waals surface area contributed by atoms with Crippen LogP contribution in [0.15, 0.2) is 94.5 Å². The Morgan fingerprint density at radius 1 is 1.03 bits per heavy atom. The molecule has 180 valence electrons. The molecule has 8 heteroatoms. The zero-order chi connectivity index (χ0) is 24.9. The van der Waals surface area contributed by atoms with Gasteiger partial charge in [-0.3, -0.25) is 5.10 Å². The van der Waals surface area contributed by atoms with Crippen LogP contribution in [0.1, 0.15) is 22.5 Å². The van der Waals surface area contributed by atoms with Gasteiger partial charge < -0.3 is 9.47 Å². The second-order valence-corrected chi connectivity index (χ2v) is 9.37. The molecular formula is C28H23BrN4O2S. The van der Waals surface area contributed by atoms with Gasteiger partial charge >= 0.3 is 0 Å². The van der Waals surface area contributed by atoms with Crippen LogP contribution < -0.4 is 9.47 Å². The molecule has 1 aromatic heterocycles. The predicted molar refractivity (Wildman–Crippen MR) is 149 cm³/mol. The van der Waals surface area contributed by atoms with Gasteiger partial charge in [-0.25, -0.2) is 0 Å². The SMILES string of the molecule is COc1cc(/C=N/n2c(Cc3cccc4ccccc34)n[nH]c2=S)cc(Br)c1OCc1ccccc1. The van der Waals surface area contributed by atoms with E-state index >= 15 is 0 Å². The maximum absolute atomic E-state index is 6.04. The lowest BCUT2D eigenvalue weighted by molar-refractivity contribution is 0.282. The number of nitrogens with one attached hydrogen (secondary N) is 1. The minimum Gasteiger partial charge on any atom is -0.493 e. The van der Waals surface area contributed by atoms with Gasteiger partial charge in [0, 0.05) is 6.42 Å². The summed E-state index contributed by atoms with van der Waals surface area (Å²) in [7, 11) is 1.62. The van der Waals surface area contributed by atoms with Crippen LogP contribution in [-0.2, 0) is 13.0 Å². The summed E-state index contributed by atoms with van der Waals surface area (Å²) in [5.74, 6) is 1.96. The third-order valence-corrected chi connectivity index (χ3v) is 6.60. The number of benzene rings is 4. The standard InChI is InChI=1S/C28H23BrN4O2S/c1-34-25-15-20(14-24(29)27(25)35-18-19-8-3-2-4-9-19)17-30-33-26(31-32-28(33)36)16-22-12-7-11-21-10-5-6-13-23(21)22/h2-15,17H,16,18H2,1H3,(H,32,36)/b30-17+. The molecule has 5 rings (SSSR count). The summed E-state index contributed by atoms with van der Waals surface area (Å²) in [5, 5.41) is 14.3. The monoisotopic (exact) mass is 558 g/mol. The van der Waals surface area contributed by atoms with Crippen LogP contribution in [0, 0.1) is 4.77 Å². The fourth-order valence-corrected chi connectivity index (χ4v) is 4.76. The van der Waals surface area contributed by atoms with Crippen molar-refractivity contribution in [1.82, 2.24) is 14.9 Å². The van der Waals surface area contributed by atoms with Crippen molar-refractivity contribution in [3.63, 3.8) is 0 Å². The van der Waals surface area contributed by atoms with Crippen LogP contribution in [0.2, 0.25) is 0 Å². The second kappa shape index (κ2) is 10.9. The number of H-pyrrole nitrogens is 1. The minimum absolute atomic E-state index is 0.426. The maximum Gasteiger partial charge on any atom is 0.216 e. The highest BCUT2D eigenvalue weighted by Crippen LogP contribution is 2.37. The average molecular weight is 559 g/mol. The number of ether oxygens (including phenoxy) is 2. The number of aromatic amines is 1. The van der Waals surface area contributed by atoms with Gasteiger partial charge in [-0.05, 0) is 67.7 Å². The number of nitrogens with zero attached hydrogens (tertiary/aromatic N) is 3. The zero-order valence-electron chi connectivity index (χ0n) is 19.5. The Hall–Kier alpha value is -3.75. The van der Waals surface area contributed by atoms with Gasteiger partial charge in [0.05, 0.1) is 17.8 Å². The van der Waals surface area contributed by atoms with Crippen molar-refractivity contribution in [2.24, 2.45) is 5.10 Å². The number of fused-ring (bicyclic) bond motifs is 1. The summed E-state index contributed by atoms with van der Waals surface area (Å²) in [5.41, 5.74) is 3.05. The van der Waals surface area contributed by atoms with Crippen LogP contribution in [-0.4, -0.2) is 28.2 Å². The van der Waals surface area contributed by atoms with Crippen molar-refractivity contribution < 1.29 is 9.47 Å². The molecule has 4 aromatic carbocycles. The van der Waals surface area contributed by atoms with E-state index in [1.165, 1.54) is 10.8 Å². The summed E-state index contributed by atoms with van der Waals surface area (Å²) < 4.78 is 14.5. The van der Waals surface area contributed by atoms with Crippen molar-refractivity contribution in [2.45, 2.75) is 13.0 Å². The van der Waals surface area contributed by atoms with E-state index in [4.69, 9.17) is 21.7 Å². The van der Waals surface area contributed by atoms with Gasteiger partial charge in [-0.1, -0.05) is 72.8 Å². The van der Waals surface area contributed by atoms with Crippen molar-refractivity contribution >= 4 is 45.1 Å². The number of hydrogen-bond acceptors (Lipinski definition) is 5. The molecule has 0 aliphatic heterocycles. The van der Waals surface area contributed by atoms with Crippen LogP contribution in [0.25, 0.3) is 10.8 Å². The van der Waals surface area contributed by atoms with E-state index < -0.39 is 0 Å². The summed E-state index contributed by atoms with van der Waals surface area (Å²) in [6.07, 6.45) is 2.32. The number of methoxy groups -OCH3 is 1. The first-order valence-electron chi connectivity index (χ1n) is 11.3. The molecular weight excluding hydrogens is 536 g/mol. The van der Waals surface area contributed by atoms with Crippen LogP contribution >= 0.6 is 28.1 Å². The topological polar surface area (TPSA) is 64.4 Å². The molecule has 0 bridgehead atoms. The highest BCUT2D eigenvalue weighted by Gasteiger charge is 2.13. The molecule has 0 amide bonds. The smallest absolute Gasteiger partial charge is 0.216 e. The van der Waals surface area contributed by atoms with E-state index in [9.17, 15) is 0 Å². The van der Waals surface area contributed by atoms with Gasteiger partial charge in [-0.15, -0.1) is 0 Å². The Kier molecular flexibility index (Phi) is 7.25. The Labute approximate surface area is 222 Å². The molecule has 0 atom stereocenters. The van der Waals surface area contributed by atoms with E-state index in [1.54, 1.807) is 18.0 Å². The van der Waals surface area contributed by atoms with E-state index in [-0.39, 0.29) is 0 Å². The Bertz CT molecular complexity index is 1590. The Morgan fingerprint density at radius 3 is 2.64 bits per heavy atom. The van der Waals surface area contributed by atoms with Crippen LogP contribution in [0.5, 0.6) is 11.5 Å². The first-order chi connectivity index (χ1) is 17.6. The van der Waals surface area contributed by atoms with Crippen molar-refractivity contribution in [1.29, 1.82) is 0 Å². The van der Waals surface area contributed by atoms with Crippen molar-refractivity contribution in [3.05, 3.63) is 117 Å². The lowest BCUT2D eigenvalue weighted by atomic mass is 10.0. The highest BCUT2D eigenvalue weighted by atomic mass is 79.9. The molecule has 0 saturated carbocycles. The van der Waals surface area contributed by atoms with E-state index in [1.807, 2.05) is 54.6 Å². The van der Waals surface area contributed by atoms with Gasteiger partial charge in [-0.2, -0.15) is 14.9 Å². The minimum atomic E-state index is 0.426. The Balaban J connectivity index is 1.40. The van der Waals surface area contributed by atoms with Crippen molar-refractivity contribution in [2.75, 3.05) is 7.11 Å². The summed E-state index contributed by atoms with van der Waals surface area (Å²) in [6.45, 7) is 0.435. The molecule has 0 radical (unpaired) electrons. The fraction of sp³-hybridized carbons (Fsp3) is 0.107. The van der Waals surface area contributed by atoms with E-state index in [2.05, 4.69) is 61.6 Å². The third-order valence-electron chi connectivity index (χ3n) is 5.75. The fourth-order valence-electron chi connectivity index (χ4n) is 3.98. The molecule has 0 saturated heterocycles. The average Bonchev–Trinajstić information content (AvgIpc) is 3.25. The molecule has 0 fully saturated rings. The largest absolute Gasteiger partial charge is 0.493 e. The lowest BCUT2D eigenvalue weighted by Gasteiger charge is -2.13. The molecule has 0 aliphatic rings. The first kappa shape index (κ1) is 24.0. The maximum atomic E-state index is 6.04. The summed E-state index contributed by atoms with van der Waals surface area (Å²) >= 11 is 9.07. The van der Waals surface area contributed by atoms with Gasteiger partial charge in [0.1, 0.15) is 6.61 Å². The number of aromatic nitrogens is 3. The van der Waals surface area contributed by atoms with E-state index in [0.29, 0.717) is 29.3 Å². The quantitative estimate of drug-likeness (QED) is 0.166. The molecule has 1 N–H and O–H groups in total. The number of rotatable bonds is 8. The Morgan fingerprint density at radius 2 is 1.81 bits per heavy atom. The van der Waals surface area contributed by atoms with Crippen LogP contribution in [0.4, 0.5) is 0 Å². The third kappa shape index (κ3) is 5.24. The van der Waals surface area contributed by atoms with Gasteiger partial charge in [0.25, 0.3) is 0 Å². The summed E-state index contributed by atoms with van der Waals surface area (Å²) in [4.78, 5) is 0. The predicted octanol–water partition coefficient (Wildman–Crippen LogP) is 6.92. The summed E-state index contributed by atoms with van der Waals surface area (Å²) in [6, 6.07) is 28.4. The number of hydrogen-bond donors (Lipinski definition) is 1. The molecule has 36 heavy (non-hydrogen) atoms. The molecule has 6 nitrogen and oxygen atoms in total.